The van der Waals surface area contributed by atoms with Gasteiger partial charge in [0.05, 0.1) is 0 Å². The van der Waals surface area contributed by atoms with E-state index in [9.17, 15) is 4.79 Å². The average Bonchev–Trinajstić information content (AvgIpc) is 2.38. The van der Waals surface area contributed by atoms with E-state index in [1.54, 1.807) is 13.2 Å². The molecular formula is C12H16ClN3O. The predicted octanol–water partition coefficient (Wildman–Crippen LogP) is 1.84. The van der Waals surface area contributed by atoms with E-state index in [0.717, 1.165) is 31.5 Å². The Balaban J connectivity index is 2.24. The van der Waals surface area contributed by atoms with Crippen molar-refractivity contribution < 1.29 is 4.79 Å². The van der Waals surface area contributed by atoms with Gasteiger partial charge in [0.2, 0.25) is 5.91 Å². The lowest BCUT2D eigenvalue weighted by Crippen LogP contribution is -2.48. The number of rotatable bonds is 2. The molecule has 1 aromatic rings. The highest BCUT2D eigenvalue weighted by molar-refractivity contribution is 6.29. The van der Waals surface area contributed by atoms with E-state index in [-0.39, 0.29) is 11.9 Å². The maximum atomic E-state index is 11.8. The highest BCUT2D eigenvalue weighted by Crippen LogP contribution is 2.26. The minimum atomic E-state index is -0.0905. The number of nitrogens with one attached hydrogen (secondary N) is 1. The van der Waals surface area contributed by atoms with Crippen molar-refractivity contribution in [1.29, 1.82) is 0 Å². The zero-order valence-electron chi connectivity index (χ0n) is 9.82. The Morgan fingerprint density at radius 3 is 3.12 bits per heavy atom. The summed E-state index contributed by atoms with van der Waals surface area (Å²) in [6.45, 7) is 0.887. The summed E-state index contributed by atoms with van der Waals surface area (Å²) in [6.07, 6.45) is 4.76. The Morgan fingerprint density at radius 1 is 1.59 bits per heavy atom. The molecule has 2 rings (SSSR count). The van der Waals surface area contributed by atoms with E-state index in [2.05, 4.69) is 15.2 Å². The Morgan fingerprint density at radius 2 is 2.41 bits per heavy atom. The van der Waals surface area contributed by atoms with Gasteiger partial charge in [-0.3, -0.25) is 4.79 Å². The van der Waals surface area contributed by atoms with E-state index < -0.39 is 0 Å². The van der Waals surface area contributed by atoms with Crippen molar-refractivity contribution in [3.05, 3.63) is 23.5 Å². The van der Waals surface area contributed by atoms with Crippen LogP contribution < -0.4 is 10.2 Å². The number of aromatic nitrogens is 1. The molecule has 1 aliphatic heterocycles. The molecule has 1 aromatic heterocycles. The molecule has 92 valence electrons. The number of nitrogens with zero attached hydrogens (tertiary/aromatic N) is 2. The first-order valence-corrected chi connectivity index (χ1v) is 6.20. The summed E-state index contributed by atoms with van der Waals surface area (Å²) in [6, 6.07) is 3.61. The van der Waals surface area contributed by atoms with Crippen LogP contribution in [0.3, 0.4) is 0 Å². The smallest absolute Gasteiger partial charge is 0.242 e. The van der Waals surface area contributed by atoms with Crippen LogP contribution in [0, 0.1) is 0 Å². The van der Waals surface area contributed by atoms with Crippen LogP contribution in [-0.2, 0) is 4.79 Å². The standard InChI is InChI=1S/C12H16ClN3O/c1-14-12(17)10-4-2-3-7-16(10)9-5-6-15-11(13)8-9/h5-6,8,10H,2-4,7H2,1H3,(H,14,17). The number of halogens is 1. The predicted molar refractivity (Wildman–Crippen MR) is 68.3 cm³/mol. The second-order valence-electron chi connectivity index (χ2n) is 4.16. The molecule has 1 aliphatic rings. The summed E-state index contributed by atoms with van der Waals surface area (Å²) in [4.78, 5) is 17.9. The van der Waals surface area contributed by atoms with Crippen LogP contribution in [0.15, 0.2) is 18.3 Å². The van der Waals surface area contributed by atoms with Crippen LogP contribution in [0.5, 0.6) is 0 Å². The number of piperidine rings is 1. The lowest BCUT2D eigenvalue weighted by atomic mass is 10.0. The second kappa shape index (κ2) is 5.36. The highest BCUT2D eigenvalue weighted by Gasteiger charge is 2.28. The number of carbonyl (C=O) groups excluding carboxylic acids is 1. The summed E-state index contributed by atoms with van der Waals surface area (Å²) < 4.78 is 0. The normalized spacial score (nSPS) is 20.1. The van der Waals surface area contributed by atoms with Gasteiger partial charge >= 0.3 is 0 Å². The molecule has 0 spiro atoms. The fraction of sp³-hybridized carbons (Fsp3) is 0.500. The first-order chi connectivity index (χ1) is 8.22. The van der Waals surface area contributed by atoms with Gasteiger partial charge in [-0.1, -0.05) is 11.6 Å². The molecule has 1 amide bonds. The Hall–Kier alpha value is -1.29. The van der Waals surface area contributed by atoms with Gasteiger partial charge in [0.15, 0.2) is 0 Å². The molecule has 2 heterocycles. The minimum Gasteiger partial charge on any atom is -0.359 e. The van der Waals surface area contributed by atoms with Gasteiger partial charge in [0, 0.05) is 25.5 Å². The van der Waals surface area contributed by atoms with Gasteiger partial charge in [0.1, 0.15) is 11.2 Å². The summed E-state index contributed by atoms with van der Waals surface area (Å²) in [5.74, 6) is 0.0673. The molecule has 0 aliphatic carbocycles. The van der Waals surface area contributed by atoms with Gasteiger partial charge in [0.25, 0.3) is 0 Å². The van der Waals surface area contributed by atoms with Crippen molar-refractivity contribution in [3.63, 3.8) is 0 Å². The molecule has 0 radical (unpaired) electrons. The number of amides is 1. The lowest BCUT2D eigenvalue weighted by Gasteiger charge is -2.36. The fourth-order valence-electron chi connectivity index (χ4n) is 2.25. The van der Waals surface area contributed by atoms with Gasteiger partial charge in [-0.25, -0.2) is 4.98 Å². The molecule has 4 nitrogen and oxygen atoms in total. The number of likely N-dealkylation sites (N-methyl/N-ethyl adjacent to an activating group) is 1. The van der Waals surface area contributed by atoms with Crippen LogP contribution >= 0.6 is 11.6 Å². The Labute approximate surface area is 106 Å². The lowest BCUT2D eigenvalue weighted by molar-refractivity contribution is -0.122. The third-order valence-electron chi connectivity index (χ3n) is 3.09. The van der Waals surface area contributed by atoms with Crippen molar-refractivity contribution in [2.75, 3.05) is 18.5 Å². The van der Waals surface area contributed by atoms with Crippen LogP contribution in [-0.4, -0.2) is 30.5 Å². The number of pyridine rings is 1. The van der Waals surface area contributed by atoms with E-state index in [1.165, 1.54) is 0 Å². The third-order valence-corrected chi connectivity index (χ3v) is 3.30. The van der Waals surface area contributed by atoms with Crippen LogP contribution in [0.25, 0.3) is 0 Å². The van der Waals surface area contributed by atoms with Crippen LogP contribution in [0.4, 0.5) is 5.69 Å². The molecule has 1 fully saturated rings. The molecule has 17 heavy (non-hydrogen) atoms. The molecule has 5 heteroatoms. The molecule has 0 bridgehead atoms. The summed E-state index contributed by atoms with van der Waals surface area (Å²) in [5, 5.41) is 3.18. The summed E-state index contributed by atoms with van der Waals surface area (Å²) in [5.41, 5.74) is 0.971. The second-order valence-corrected chi connectivity index (χ2v) is 4.54. The SMILES string of the molecule is CNC(=O)C1CCCCN1c1ccnc(Cl)c1. The van der Waals surface area contributed by atoms with Crippen molar-refractivity contribution in [3.8, 4) is 0 Å². The van der Waals surface area contributed by atoms with E-state index >= 15 is 0 Å². The third kappa shape index (κ3) is 2.69. The van der Waals surface area contributed by atoms with Crippen molar-refractivity contribution in [2.24, 2.45) is 0 Å². The maximum Gasteiger partial charge on any atom is 0.242 e. The topological polar surface area (TPSA) is 45.2 Å². The maximum absolute atomic E-state index is 11.8. The molecule has 1 saturated heterocycles. The van der Waals surface area contributed by atoms with Crippen molar-refractivity contribution in [1.82, 2.24) is 10.3 Å². The number of carbonyl (C=O) groups is 1. The fourth-order valence-corrected chi connectivity index (χ4v) is 2.42. The molecule has 1 N–H and O–H groups in total. The Bertz CT molecular complexity index is 410. The van der Waals surface area contributed by atoms with Gasteiger partial charge in [-0.05, 0) is 31.4 Å². The summed E-state index contributed by atoms with van der Waals surface area (Å²) in [7, 11) is 1.68. The minimum absolute atomic E-state index is 0.0673. The Kier molecular flexibility index (Phi) is 3.84. The quantitative estimate of drug-likeness (QED) is 0.818. The van der Waals surface area contributed by atoms with E-state index in [0.29, 0.717) is 5.15 Å². The highest BCUT2D eigenvalue weighted by atomic mass is 35.5. The molecule has 0 aromatic carbocycles. The van der Waals surface area contributed by atoms with Crippen LogP contribution in [0.1, 0.15) is 19.3 Å². The van der Waals surface area contributed by atoms with Crippen molar-refractivity contribution in [2.45, 2.75) is 25.3 Å². The molecule has 1 atom stereocenters. The number of anilines is 1. The van der Waals surface area contributed by atoms with Crippen molar-refractivity contribution >= 4 is 23.2 Å². The molecule has 1 unspecified atom stereocenters. The largest absolute Gasteiger partial charge is 0.359 e. The van der Waals surface area contributed by atoms with E-state index in [4.69, 9.17) is 11.6 Å². The number of hydrogen-bond donors (Lipinski definition) is 1. The zero-order valence-corrected chi connectivity index (χ0v) is 10.6. The van der Waals surface area contributed by atoms with Gasteiger partial charge in [-0.15, -0.1) is 0 Å². The monoisotopic (exact) mass is 253 g/mol. The van der Waals surface area contributed by atoms with Gasteiger partial charge in [-0.2, -0.15) is 0 Å². The average molecular weight is 254 g/mol. The summed E-state index contributed by atoms with van der Waals surface area (Å²) >= 11 is 5.89. The zero-order chi connectivity index (χ0) is 12.3. The first kappa shape index (κ1) is 12.2. The van der Waals surface area contributed by atoms with Gasteiger partial charge < -0.3 is 10.2 Å². The molecular weight excluding hydrogens is 238 g/mol. The number of hydrogen-bond acceptors (Lipinski definition) is 3. The first-order valence-electron chi connectivity index (χ1n) is 5.82. The van der Waals surface area contributed by atoms with E-state index in [1.807, 2.05) is 12.1 Å². The molecule has 0 saturated carbocycles. The van der Waals surface area contributed by atoms with Crippen LogP contribution in [0.2, 0.25) is 5.15 Å².